The molecule has 0 bridgehead atoms. The normalized spacial score (nSPS) is 15.4. The zero-order chi connectivity index (χ0) is 104. The molecule has 26 nitrogen and oxygen atoms in total. The lowest BCUT2D eigenvalue weighted by Crippen LogP contribution is -2.43. The largest absolute Gasteiger partial charge is 0.397 e. The number of benzene rings is 5. The number of pyridine rings is 5. The number of nitrogens with one attached hydrogen (secondary N) is 6. The van der Waals surface area contributed by atoms with Gasteiger partial charge in [0, 0.05) is 185 Å². The molecule has 0 atom stereocenters. The molecule has 5 aliphatic heterocycles. The minimum Gasteiger partial charge on any atom is -0.397 e. The number of hydrogen-bond donors (Lipinski definition) is 11. The monoisotopic (exact) mass is 2150 g/mol. The van der Waals surface area contributed by atoms with Crippen LogP contribution in [0.5, 0.6) is 0 Å². The van der Waals surface area contributed by atoms with Crippen molar-refractivity contribution in [2.24, 2.45) is 0 Å². The summed E-state index contributed by atoms with van der Waals surface area (Å²) in [7, 11) is 0. The molecule has 16 N–H and O–H groups in total. The number of carbonyl (C=O) groups excluding carboxylic acids is 5. The number of piperidine rings is 4. The molecule has 5 amide bonds. The number of carbonyl (C=O) groups is 5. The molecule has 0 spiro atoms. The number of amides is 5. The molecular weight excluding hydrogens is 2010 g/mol. The lowest BCUT2D eigenvalue weighted by atomic mass is 9.95. The van der Waals surface area contributed by atoms with Crippen molar-refractivity contribution in [1.29, 1.82) is 0 Å². The molecule has 5 fully saturated rings. The van der Waals surface area contributed by atoms with E-state index in [1.807, 2.05) is 51.2 Å². The van der Waals surface area contributed by atoms with Crippen LogP contribution in [-0.4, -0.2) is 166 Å². The van der Waals surface area contributed by atoms with E-state index in [1.54, 1.807) is 6.20 Å². The van der Waals surface area contributed by atoms with Gasteiger partial charge in [0.2, 0.25) is 0 Å². The van der Waals surface area contributed by atoms with Crippen LogP contribution in [0.1, 0.15) is 229 Å². The van der Waals surface area contributed by atoms with E-state index in [-0.39, 0.29) is 29.5 Å². The third-order valence-corrected chi connectivity index (χ3v) is 36.3. The smallest absolute Gasteiger partial charge is 0.263 e. The fourth-order valence-corrected chi connectivity index (χ4v) is 27.2. The second kappa shape index (κ2) is 49.8. The highest BCUT2D eigenvalue weighted by molar-refractivity contribution is 7.23. The number of nitrogens with two attached hydrogens (primary N) is 5. The Balaban J connectivity index is 0.000000118. The number of rotatable bonds is 25. The highest BCUT2D eigenvalue weighted by atomic mass is 35.5. The van der Waals surface area contributed by atoms with E-state index in [4.69, 9.17) is 61.8 Å². The van der Waals surface area contributed by atoms with Gasteiger partial charge in [-0.25, -0.2) is 24.9 Å². The molecular formula is C117H137Cl2N21O5S5. The summed E-state index contributed by atoms with van der Waals surface area (Å²) in [5, 5.41) is 24.6. The van der Waals surface area contributed by atoms with Crippen molar-refractivity contribution >= 4 is 217 Å². The molecule has 10 aromatic heterocycles. The molecule has 784 valence electrons. The van der Waals surface area contributed by atoms with Gasteiger partial charge in [0.15, 0.2) is 0 Å². The Morgan fingerprint density at radius 3 is 1.09 bits per heavy atom. The van der Waals surface area contributed by atoms with Gasteiger partial charge in [-0.1, -0.05) is 71.7 Å². The maximum Gasteiger partial charge on any atom is 0.263 e. The highest BCUT2D eigenvalue weighted by Gasteiger charge is 2.30. The number of halogens is 2. The van der Waals surface area contributed by atoms with E-state index in [1.165, 1.54) is 214 Å². The molecule has 15 heterocycles. The van der Waals surface area contributed by atoms with E-state index in [9.17, 15) is 24.0 Å². The molecule has 0 unspecified atom stereocenters. The van der Waals surface area contributed by atoms with Crippen molar-refractivity contribution < 1.29 is 24.0 Å². The number of hydrogen-bond acceptors (Lipinski definition) is 26. The van der Waals surface area contributed by atoms with Crippen molar-refractivity contribution in [3.8, 4) is 0 Å². The molecule has 0 radical (unpaired) electrons. The molecule has 8 aliphatic rings. The Morgan fingerprint density at radius 2 is 0.660 bits per heavy atom. The van der Waals surface area contributed by atoms with Crippen LogP contribution < -0.4 is 85.1 Å². The van der Waals surface area contributed by atoms with Crippen LogP contribution in [0.25, 0.3) is 51.1 Å². The van der Waals surface area contributed by atoms with E-state index in [2.05, 4.69) is 181 Å². The number of piperazine rings is 1. The third-order valence-electron chi connectivity index (χ3n) is 30.1. The number of anilines is 10. The fourth-order valence-electron chi connectivity index (χ4n) is 21.5. The fraction of sp³-hybridized carbons (Fsp3) is 0.402. The molecule has 0 saturated carbocycles. The van der Waals surface area contributed by atoms with Crippen LogP contribution >= 0.6 is 79.9 Å². The number of thiophene rings is 5. The summed E-state index contributed by atoms with van der Waals surface area (Å²) in [5.41, 5.74) is 56.8. The number of aryl methyl sites for hydroxylation is 9. The van der Waals surface area contributed by atoms with Crippen molar-refractivity contribution in [3.63, 3.8) is 0 Å². The van der Waals surface area contributed by atoms with Gasteiger partial charge in [0.1, 0.15) is 48.5 Å². The van der Waals surface area contributed by atoms with E-state index >= 15 is 0 Å². The van der Waals surface area contributed by atoms with Crippen LogP contribution in [0, 0.1) is 20.8 Å². The Hall–Kier alpha value is -12.5. The van der Waals surface area contributed by atoms with Crippen molar-refractivity contribution in [1.82, 2.24) is 56.8 Å². The van der Waals surface area contributed by atoms with Crippen molar-refractivity contribution in [2.75, 3.05) is 164 Å². The minimum absolute atomic E-state index is 0.0941. The lowest BCUT2D eigenvalue weighted by Gasteiger charge is -2.29. The zero-order valence-corrected chi connectivity index (χ0v) is 91.8. The number of nitrogen functional groups attached to an aromatic ring is 5. The molecule has 15 aromatic rings. The average molecular weight is 2150 g/mol. The lowest BCUT2D eigenvalue weighted by molar-refractivity contribution is 0.0950. The molecule has 5 aromatic carbocycles. The van der Waals surface area contributed by atoms with E-state index < -0.39 is 0 Å². The summed E-state index contributed by atoms with van der Waals surface area (Å²) >= 11 is 20.0. The number of nitrogens with zero attached hydrogens (tertiary/aromatic N) is 10. The molecule has 3 aliphatic carbocycles. The Labute approximate surface area is 908 Å². The molecule has 33 heteroatoms. The van der Waals surface area contributed by atoms with Gasteiger partial charge in [-0.15, -0.1) is 56.7 Å². The Morgan fingerprint density at radius 1 is 0.327 bits per heavy atom. The topological polar surface area (TPSA) is 368 Å². The standard InChI is InChI=1S/C25H30N4OS.C24H28N4OS.C23H27ClN4OS.C23H27N5OS.C22H25ClN4OS/c26-22-20-16-18-6-2-3-7-21(18)28-25(20)31-23(22)24(30)27-13-12-17-8-10-19(11-9-17)29-14-4-1-5-15-29;25-21-19-15-17-5-4-6-20(17)27-24(19)30-22(21)23(29)26-12-11-16-7-9-18(10-8-16)28-13-2-1-3-14-28;1-14-12-17-20(25)21(30-23(17)27-15(14)2)22(29)26-9-8-16-6-7-19(18(24)13-16)28-10-4-3-5-11-28;24-20-19-18-3-1-2-16(18)14-27-23(19)30-21(20)22(29)26-9-8-15-4-6-17(7-5-15)28-12-10-25-11-13-28;1-14-11-16-19(24)20(29-22(16)26-13-14)21(28)25-8-7-15-5-6-18(17(23)12-15)27-9-3-2-4-10-27/h8-11,16H,1-7,12-15,26H2,(H,27,30);7-10,15H,1-6,11-14,25H2,(H,26,29);6-7,12-13H,3-5,8-11,25H2,1-2H3,(H,26,29);4-7,14,25H,1-3,8-13,24H2,(H,26,29);5-6,11-13H,2-4,7-10,24H2,1H3,(H,25,28). The van der Waals surface area contributed by atoms with Crippen molar-refractivity contribution in [3.05, 3.63) is 259 Å². The van der Waals surface area contributed by atoms with E-state index in [0.29, 0.717) is 98.4 Å². The zero-order valence-electron chi connectivity index (χ0n) is 86.2. The van der Waals surface area contributed by atoms with E-state index in [0.717, 1.165) is 250 Å². The van der Waals surface area contributed by atoms with Gasteiger partial charge >= 0.3 is 0 Å². The molecule has 5 saturated heterocycles. The first-order valence-corrected chi connectivity index (χ1v) is 58.5. The molecule has 23 rings (SSSR count). The predicted molar refractivity (Wildman–Crippen MR) is 627 cm³/mol. The van der Waals surface area contributed by atoms with Crippen LogP contribution in [0.15, 0.2) is 146 Å². The summed E-state index contributed by atoms with van der Waals surface area (Å²) in [5.74, 6) is -0.593. The number of aromatic nitrogens is 5. The van der Waals surface area contributed by atoms with Gasteiger partial charge in [0.25, 0.3) is 29.5 Å². The SMILES string of the molecule is Cc1cc2c(N)c(C(=O)NCCc3ccc(N4CCCCC4)c(Cl)c3)sc2nc1C.Cc1cnc2sc(C(=O)NCCc3ccc(N4CCCCC4)c(Cl)c3)c(N)c2c1.Nc1c(C(=O)NCCc2ccc(N3CCCCC3)cc2)sc2nc3c(cc12)CCC3.Nc1c(C(=O)NCCc2ccc(N3CCCCC3)cc2)sc2nc3c(cc12)CCCC3.Nc1c(C(=O)NCCc2ccc(N3CCNCC3)cc2)sc2ncc3c(c12)CCC3. The quantitative estimate of drug-likeness (QED) is 0.0253. The van der Waals surface area contributed by atoms with Gasteiger partial charge in [-0.2, -0.15) is 0 Å². The Kier molecular flexibility index (Phi) is 35.2. The summed E-state index contributed by atoms with van der Waals surface area (Å²) in [6.45, 7) is 21.8. The van der Waals surface area contributed by atoms with Gasteiger partial charge in [-0.3, -0.25) is 24.0 Å². The summed E-state index contributed by atoms with van der Waals surface area (Å²) in [6.07, 6.45) is 33.9. The second-order valence-corrected chi connectivity index (χ2v) is 46.4. The minimum atomic E-state index is -0.154. The van der Waals surface area contributed by atoms with Crippen molar-refractivity contribution in [2.45, 2.75) is 194 Å². The predicted octanol–water partition coefficient (Wildman–Crippen LogP) is 21.7. The summed E-state index contributed by atoms with van der Waals surface area (Å²) in [4.78, 5) is 106. The molecule has 150 heavy (non-hydrogen) atoms. The average Bonchev–Trinajstić information content (AvgIpc) is 1.61. The first-order valence-electron chi connectivity index (χ1n) is 53.7. The second-order valence-electron chi connectivity index (χ2n) is 40.6. The van der Waals surface area contributed by atoms with Crippen LogP contribution in [0.2, 0.25) is 10.0 Å². The first kappa shape index (κ1) is 106. The van der Waals surface area contributed by atoms with Crippen LogP contribution in [0.3, 0.4) is 0 Å². The van der Waals surface area contributed by atoms with Gasteiger partial charge < -0.3 is 85.1 Å². The Bertz CT molecular complexity index is 7360. The van der Waals surface area contributed by atoms with Crippen LogP contribution in [-0.2, 0) is 70.6 Å². The third kappa shape index (κ3) is 25.4. The van der Waals surface area contributed by atoms with Gasteiger partial charge in [0.05, 0.1) is 49.9 Å². The highest BCUT2D eigenvalue weighted by Crippen LogP contribution is 2.43. The number of fused-ring (bicyclic) bond motifs is 9. The first-order chi connectivity index (χ1) is 73.0. The summed E-state index contributed by atoms with van der Waals surface area (Å²) in [6, 6.07) is 46.9. The van der Waals surface area contributed by atoms with Gasteiger partial charge in [-0.05, 0) is 340 Å². The maximum absolute atomic E-state index is 12.8. The maximum atomic E-state index is 12.8. The summed E-state index contributed by atoms with van der Waals surface area (Å²) < 4.78 is 0. The van der Waals surface area contributed by atoms with Crippen LogP contribution in [0.4, 0.5) is 56.9 Å².